The van der Waals surface area contributed by atoms with Gasteiger partial charge in [0.1, 0.15) is 10.6 Å². The molecular formula is C18H22N2O6S. The fourth-order valence-electron chi connectivity index (χ4n) is 2.80. The quantitative estimate of drug-likeness (QED) is 0.437. The van der Waals surface area contributed by atoms with Gasteiger partial charge in [-0.25, -0.2) is 18.4 Å². The highest BCUT2D eigenvalue weighted by atomic mass is 32.2. The highest BCUT2D eigenvalue weighted by Gasteiger charge is 2.25. The van der Waals surface area contributed by atoms with Crippen molar-refractivity contribution in [1.82, 2.24) is 0 Å². The fraction of sp³-hybridized carbons (Fsp3) is 0.278. The number of nitrogens with two attached hydrogens (primary N) is 2. The summed E-state index contributed by atoms with van der Waals surface area (Å²) in [5.41, 5.74) is 8.73. The van der Waals surface area contributed by atoms with Crippen molar-refractivity contribution < 1.29 is 27.7 Å². The first kappa shape index (κ1) is 20.5. The number of sulfonamides is 1. The third kappa shape index (κ3) is 4.32. The van der Waals surface area contributed by atoms with Crippen LogP contribution in [0.3, 0.4) is 0 Å². The van der Waals surface area contributed by atoms with Gasteiger partial charge in [0.25, 0.3) is 0 Å². The van der Waals surface area contributed by atoms with Crippen molar-refractivity contribution in [3.8, 4) is 22.6 Å². The molecule has 0 saturated heterocycles. The average Bonchev–Trinajstić information content (AvgIpc) is 2.59. The fourth-order valence-corrected chi connectivity index (χ4v) is 3.71. The summed E-state index contributed by atoms with van der Waals surface area (Å²) in [5.74, 6) is -0.232. The van der Waals surface area contributed by atoms with Gasteiger partial charge in [0, 0.05) is 23.7 Å². The van der Waals surface area contributed by atoms with Gasteiger partial charge in [-0.15, -0.1) is 0 Å². The van der Waals surface area contributed by atoms with Crippen LogP contribution in [-0.2, 0) is 19.7 Å². The molecule has 146 valence electrons. The maximum atomic E-state index is 12.2. The standard InChI is InChI=1S/C18H22N2O6S/c1-5-16(21)26-25-15-8-10(2)17(11(3)18(15)27(20,22)23)13-7-6-12(24-4)9-14(13)19/h6-9H,5,19H2,1-4H3,(H2,20,22,23). The summed E-state index contributed by atoms with van der Waals surface area (Å²) >= 11 is 0. The Morgan fingerprint density at radius 1 is 1.19 bits per heavy atom. The van der Waals surface area contributed by atoms with Crippen LogP contribution in [-0.4, -0.2) is 21.5 Å². The lowest BCUT2D eigenvalue weighted by Crippen LogP contribution is -2.17. The first-order valence-electron chi connectivity index (χ1n) is 8.08. The molecule has 0 aliphatic rings. The Hall–Kier alpha value is -2.78. The topological polar surface area (TPSA) is 131 Å². The molecule has 2 aromatic rings. The number of nitrogen functional groups attached to an aromatic ring is 1. The maximum Gasteiger partial charge on any atom is 0.355 e. The predicted molar refractivity (Wildman–Crippen MR) is 101 cm³/mol. The molecule has 0 aromatic heterocycles. The van der Waals surface area contributed by atoms with Crippen molar-refractivity contribution in [2.45, 2.75) is 32.1 Å². The van der Waals surface area contributed by atoms with E-state index in [4.69, 9.17) is 20.5 Å². The van der Waals surface area contributed by atoms with Crippen LogP contribution >= 0.6 is 0 Å². The summed E-state index contributed by atoms with van der Waals surface area (Å²) in [6.07, 6.45) is 0.0726. The number of primary sulfonamides is 1. The van der Waals surface area contributed by atoms with Gasteiger partial charge in [0.15, 0.2) is 5.75 Å². The summed E-state index contributed by atoms with van der Waals surface area (Å²) in [6, 6.07) is 6.52. The molecule has 0 atom stereocenters. The molecule has 2 rings (SSSR count). The minimum atomic E-state index is -4.17. The van der Waals surface area contributed by atoms with Gasteiger partial charge >= 0.3 is 5.97 Å². The lowest BCUT2D eigenvalue weighted by Gasteiger charge is -2.18. The lowest BCUT2D eigenvalue weighted by atomic mass is 9.94. The molecule has 0 aliphatic carbocycles. The number of carbonyl (C=O) groups excluding carboxylic acids is 1. The minimum Gasteiger partial charge on any atom is -0.497 e. The number of hydrogen-bond donors (Lipinski definition) is 2. The van der Waals surface area contributed by atoms with Crippen LogP contribution in [0.25, 0.3) is 11.1 Å². The zero-order valence-corrected chi connectivity index (χ0v) is 16.3. The molecule has 4 N–H and O–H groups in total. The molecule has 27 heavy (non-hydrogen) atoms. The summed E-state index contributed by atoms with van der Waals surface area (Å²) in [4.78, 5) is 20.7. The number of rotatable bonds is 6. The van der Waals surface area contributed by atoms with Crippen LogP contribution in [0.1, 0.15) is 24.5 Å². The molecular weight excluding hydrogens is 372 g/mol. The van der Waals surface area contributed by atoms with Crippen LogP contribution in [0.15, 0.2) is 29.2 Å². The summed E-state index contributed by atoms with van der Waals surface area (Å²) in [7, 11) is -2.65. The molecule has 0 spiro atoms. The van der Waals surface area contributed by atoms with E-state index in [1.165, 1.54) is 13.2 Å². The van der Waals surface area contributed by atoms with Gasteiger partial charge in [-0.05, 0) is 48.7 Å². The molecule has 0 bridgehead atoms. The smallest absolute Gasteiger partial charge is 0.355 e. The zero-order chi connectivity index (χ0) is 20.4. The second kappa shape index (κ2) is 7.85. The van der Waals surface area contributed by atoms with Crippen LogP contribution < -0.4 is 20.5 Å². The Kier molecular flexibility index (Phi) is 5.97. The lowest BCUT2D eigenvalue weighted by molar-refractivity contribution is -0.214. The molecule has 0 heterocycles. The van der Waals surface area contributed by atoms with E-state index in [0.29, 0.717) is 33.7 Å². The van der Waals surface area contributed by atoms with Crippen molar-refractivity contribution in [3.05, 3.63) is 35.4 Å². The molecule has 0 unspecified atom stereocenters. The molecule has 0 aliphatic heterocycles. The van der Waals surface area contributed by atoms with Crippen LogP contribution in [0.5, 0.6) is 11.5 Å². The Bertz CT molecular complexity index is 986. The highest BCUT2D eigenvalue weighted by Crippen LogP contribution is 2.40. The summed E-state index contributed by atoms with van der Waals surface area (Å²) < 4.78 is 29.5. The van der Waals surface area contributed by atoms with Crippen molar-refractivity contribution >= 4 is 21.7 Å². The van der Waals surface area contributed by atoms with E-state index >= 15 is 0 Å². The van der Waals surface area contributed by atoms with Crippen molar-refractivity contribution in [1.29, 1.82) is 0 Å². The molecule has 0 amide bonds. The molecule has 0 radical (unpaired) electrons. The second-order valence-corrected chi connectivity index (χ2v) is 7.41. The van der Waals surface area contributed by atoms with E-state index in [9.17, 15) is 13.2 Å². The third-order valence-corrected chi connectivity index (χ3v) is 5.08. The van der Waals surface area contributed by atoms with Gasteiger partial charge in [-0.2, -0.15) is 0 Å². The Morgan fingerprint density at radius 3 is 2.37 bits per heavy atom. The van der Waals surface area contributed by atoms with Gasteiger partial charge in [0.05, 0.1) is 7.11 Å². The normalized spacial score (nSPS) is 11.1. The van der Waals surface area contributed by atoms with E-state index < -0.39 is 16.0 Å². The highest BCUT2D eigenvalue weighted by molar-refractivity contribution is 7.89. The summed E-state index contributed by atoms with van der Waals surface area (Å²) in [6.45, 7) is 4.92. The van der Waals surface area contributed by atoms with Crippen molar-refractivity contribution in [3.63, 3.8) is 0 Å². The van der Waals surface area contributed by atoms with E-state index in [1.807, 2.05) is 0 Å². The molecule has 0 saturated carbocycles. The van der Waals surface area contributed by atoms with E-state index in [0.717, 1.165) is 0 Å². The van der Waals surface area contributed by atoms with Crippen LogP contribution in [0.2, 0.25) is 0 Å². The Labute approximate surface area is 158 Å². The van der Waals surface area contributed by atoms with Gasteiger partial charge < -0.3 is 10.5 Å². The largest absolute Gasteiger partial charge is 0.497 e. The van der Waals surface area contributed by atoms with E-state index in [-0.39, 0.29) is 17.1 Å². The number of hydrogen-bond acceptors (Lipinski definition) is 7. The number of aryl methyl sites for hydroxylation is 1. The molecule has 8 nitrogen and oxygen atoms in total. The Morgan fingerprint density at radius 2 is 1.85 bits per heavy atom. The van der Waals surface area contributed by atoms with Crippen molar-refractivity contribution in [2.75, 3.05) is 12.8 Å². The minimum absolute atomic E-state index is 0.0726. The number of methoxy groups -OCH3 is 1. The first-order valence-corrected chi connectivity index (χ1v) is 9.63. The number of anilines is 1. The predicted octanol–water partition coefficient (Wildman–Crippen LogP) is 2.46. The monoisotopic (exact) mass is 394 g/mol. The third-order valence-electron chi connectivity index (χ3n) is 4.01. The Balaban J connectivity index is 2.70. The van der Waals surface area contributed by atoms with Gasteiger partial charge in [0.2, 0.25) is 10.0 Å². The first-order chi connectivity index (χ1) is 12.6. The van der Waals surface area contributed by atoms with Gasteiger partial charge in [-0.3, -0.25) is 9.78 Å². The van der Waals surface area contributed by atoms with Crippen LogP contribution in [0.4, 0.5) is 5.69 Å². The van der Waals surface area contributed by atoms with Crippen molar-refractivity contribution in [2.24, 2.45) is 5.14 Å². The van der Waals surface area contributed by atoms with Gasteiger partial charge in [-0.1, -0.05) is 6.92 Å². The SMILES string of the molecule is CCC(=O)OOc1cc(C)c(-c2ccc(OC)cc2N)c(C)c1S(N)(=O)=O. The summed E-state index contributed by atoms with van der Waals surface area (Å²) in [5, 5.41) is 5.38. The molecule has 2 aromatic carbocycles. The number of carbonyl (C=O) groups is 1. The van der Waals surface area contributed by atoms with E-state index in [2.05, 4.69) is 4.89 Å². The average molecular weight is 394 g/mol. The number of benzene rings is 2. The maximum absolute atomic E-state index is 12.2. The second-order valence-electron chi connectivity index (χ2n) is 5.91. The zero-order valence-electron chi connectivity index (χ0n) is 15.5. The molecule has 0 fully saturated rings. The van der Waals surface area contributed by atoms with Crippen LogP contribution in [0, 0.1) is 13.8 Å². The number of ether oxygens (including phenoxy) is 1. The van der Waals surface area contributed by atoms with E-state index in [1.54, 1.807) is 39.0 Å². The molecule has 9 heteroatoms.